The molecule has 2 aromatic carbocycles. The number of carbonyl (C=O) groups is 1. The van der Waals surface area contributed by atoms with Crippen LogP contribution < -0.4 is 10.1 Å². The number of halogens is 2. The van der Waals surface area contributed by atoms with E-state index in [2.05, 4.69) is 28.2 Å². The number of amides is 1. The predicted molar refractivity (Wildman–Crippen MR) is 93.8 cm³/mol. The first kappa shape index (κ1) is 16.8. The number of aryl methyl sites for hydroxylation is 2. The molecule has 0 aliphatic rings. The summed E-state index contributed by atoms with van der Waals surface area (Å²) in [6, 6.07) is 11.2. The maximum atomic E-state index is 12.1. The largest absolute Gasteiger partial charge is 0.483 e. The molecule has 2 aromatic rings. The summed E-state index contributed by atoms with van der Waals surface area (Å²) >= 11 is 9.23. The lowest BCUT2D eigenvalue weighted by Gasteiger charge is -2.13. The maximum Gasteiger partial charge on any atom is 0.262 e. The normalized spacial score (nSPS) is 10.4. The van der Waals surface area contributed by atoms with E-state index >= 15 is 0 Å². The van der Waals surface area contributed by atoms with Crippen LogP contribution >= 0.6 is 27.5 Å². The second-order valence-electron chi connectivity index (χ2n) is 4.87. The fourth-order valence-corrected chi connectivity index (χ4v) is 2.91. The molecule has 0 radical (unpaired) electrons. The molecule has 0 saturated heterocycles. The summed E-state index contributed by atoms with van der Waals surface area (Å²) in [5.41, 5.74) is 3.02. The van der Waals surface area contributed by atoms with E-state index < -0.39 is 0 Å². The highest BCUT2D eigenvalue weighted by molar-refractivity contribution is 9.10. The number of nitrogens with one attached hydrogen (secondary N) is 1. The summed E-state index contributed by atoms with van der Waals surface area (Å²) in [6.45, 7) is 3.98. The number of hydrogen-bond acceptors (Lipinski definition) is 2. The van der Waals surface area contributed by atoms with Crippen molar-refractivity contribution < 1.29 is 9.53 Å². The van der Waals surface area contributed by atoms with Gasteiger partial charge in [0.25, 0.3) is 5.91 Å². The van der Waals surface area contributed by atoms with E-state index in [9.17, 15) is 4.79 Å². The molecule has 22 heavy (non-hydrogen) atoms. The van der Waals surface area contributed by atoms with Gasteiger partial charge in [0.2, 0.25) is 0 Å². The number of carbonyl (C=O) groups excluding carboxylic acids is 1. The molecule has 1 N–H and O–H groups in total. The Hall–Kier alpha value is -1.52. The van der Waals surface area contributed by atoms with Gasteiger partial charge in [0.05, 0.1) is 4.47 Å². The van der Waals surface area contributed by atoms with Gasteiger partial charge in [-0.15, -0.1) is 0 Å². The Kier molecular flexibility index (Phi) is 5.86. The number of ether oxygens (including phenoxy) is 1. The van der Waals surface area contributed by atoms with E-state index in [-0.39, 0.29) is 12.5 Å². The van der Waals surface area contributed by atoms with Crippen molar-refractivity contribution in [1.82, 2.24) is 0 Å². The topological polar surface area (TPSA) is 38.3 Å². The molecule has 0 heterocycles. The Labute approximate surface area is 143 Å². The van der Waals surface area contributed by atoms with Crippen LogP contribution in [0.3, 0.4) is 0 Å². The number of rotatable bonds is 5. The Morgan fingerprint density at radius 1 is 1.32 bits per heavy atom. The van der Waals surface area contributed by atoms with E-state index in [1.54, 1.807) is 18.2 Å². The maximum absolute atomic E-state index is 12.1. The summed E-state index contributed by atoms with van der Waals surface area (Å²) in [5, 5.41) is 3.53. The predicted octanol–water partition coefficient (Wildman–Crippen LogP) is 4.99. The molecular formula is C17H17BrClNO2. The lowest BCUT2D eigenvalue weighted by molar-refractivity contribution is -0.118. The molecular weight excluding hydrogens is 366 g/mol. The van der Waals surface area contributed by atoms with Gasteiger partial charge in [-0.05, 0) is 58.6 Å². The van der Waals surface area contributed by atoms with Crippen molar-refractivity contribution in [2.45, 2.75) is 20.3 Å². The SMILES string of the molecule is CCc1cccc(C)c1NC(=O)COc1ccc(Cl)cc1Br. The van der Waals surface area contributed by atoms with Crippen LogP contribution in [0.2, 0.25) is 5.02 Å². The van der Waals surface area contributed by atoms with Crippen LogP contribution in [0.25, 0.3) is 0 Å². The van der Waals surface area contributed by atoms with Gasteiger partial charge in [0.1, 0.15) is 5.75 Å². The molecule has 1 amide bonds. The van der Waals surface area contributed by atoms with E-state index in [1.165, 1.54) is 0 Å². The summed E-state index contributed by atoms with van der Waals surface area (Å²) in [4.78, 5) is 12.1. The number of para-hydroxylation sites is 1. The minimum atomic E-state index is -0.189. The Morgan fingerprint density at radius 3 is 2.77 bits per heavy atom. The minimum absolute atomic E-state index is 0.0578. The quantitative estimate of drug-likeness (QED) is 0.791. The van der Waals surface area contributed by atoms with Gasteiger partial charge >= 0.3 is 0 Å². The van der Waals surface area contributed by atoms with E-state index in [0.717, 1.165) is 27.7 Å². The molecule has 116 valence electrons. The number of anilines is 1. The van der Waals surface area contributed by atoms with Crippen molar-refractivity contribution >= 4 is 39.1 Å². The lowest BCUT2D eigenvalue weighted by Crippen LogP contribution is -2.21. The van der Waals surface area contributed by atoms with E-state index in [0.29, 0.717) is 10.8 Å². The first-order chi connectivity index (χ1) is 10.5. The third-order valence-corrected chi connectivity index (χ3v) is 4.11. The highest BCUT2D eigenvalue weighted by Crippen LogP contribution is 2.28. The fourth-order valence-electron chi connectivity index (χ4n) is 2.11. The lowest BCUT2D eigenvalue weighted by atomic mass is 10.1. The van der Waals surface area contributed by atoms with Gasteiger partial charge in [0.15, 0.2) is 6.61 Å². The standard InChI is InChI=1S/C17H17BrClNO2/c1-3-12-6-4-5-11(2)17(12)20-16(21)10-22-15-8-7-13(19)9-14(15)18/h4-9H,3,10H2,1-2H3,(H,20,21). The van der Waals surface area contributed by atoms with Gasteiger partial charge < -0.3 is 10.1 Å². The van der Waals surface area contributed by atoms with Crippen molar-refractivity contribution in [3.63, 3.8) is 0 Å². The van der Waals surface area contributed by atoms with Crippen molar-refractivity contribution in [3.8, 4) is 5.75 Å². The highest BCUT2D eigenvalue weighted by Gasteiger charge is 2.10. The van der Waals surface area contributed by atoms with Gasteiger partial charge in [-0.1, -0.05) is 36.7 Å². The molecule has 0 fully saturated rings. The van der Waals surface area contributed by atoms with Gasteiger partial charge in [-0.25, -0.2) is 0 Å². The van der Waals surface area contributed by atoms with Gasteiger partial charge in [-0.3, -0.25) is 4.79 Å². The Balaban J connectivity index is 2.02. The van der Waals surface area contributed by atoms with Crippen LogP contribution in [0, 0.1) is 6.92 Å². The molecule has 0 atom stereocenters. The summed E-state index contributed by atoms with van der Waals surface area (Å²) < 4.78 is 6.24. The average Bonchev–Trinajstić information content (AvgIpc) is 2.48. The fraction of sp³-hybridized carbons (Fsp3) is 0.235. The van der Waals surface area contributed by atoms with E-state index in [4.69, 9.17) is 16.3 Å². The average molecular weight is 383 g/mol. The van der Waals surface area contributed by atoms with Crippen molar-refractivity contribution in [2.24, 2.45) is 0 Å². The number of benzene rings is 2. The second kappa shape index (κ2) is 7.65. The summed E-state index contributed by atoms with van der Waals surface area (Å²) in [6.07, 6.45) is 0.862. The Bertz CT molecular complexity index is 688. The van der Waals surface area contributed by atoms with Crippen LogP contribution in [-0.2, 0) is 11.2 Å². The van der Waals surface area contributed by atoms with Crippen LogP contribution in [0.1, 0.15) is 18.1 Å². The van der Waals surface area contributed by atoms with E-state index in [1.807, 2.05) is 25.1 Å². The Morgan fingerprint density at radius 2 is 2.09 bits per heavy atom. The molecule has 0 bridgehead atoms. The first-order valence-electron chi connectivity index (χ1n) is 6.97. The van der Waals surface area contributed by atoms with Crippen LogP contribution in [0.4, 0.5) is 5.69 Å². The van der Waals surface area contributed by atoms with Gasteiger partial charge in [-0.2, -0.15) is 0 Å². The smallest absolute Gasteiger partial charge is 0.262 e. The molecule has 3 nitrogen and oxygen atoms in total. The van der Waals surface area contributed by atoms with Crippen molar-refractivity contribution in [3.05, 3.63) is 57.0 Å². The number of hydrogen-bond donors (Lipinski definition) is 1. The third kappa shape index (κ3) is 4.24. The molecule has 2 rings (SSSR count). The first-order valence-corrected chi connectivity index (χ1v) is 8.14. The zero-order chi connectivity index (χ0) is 16.1. The molecule has 0 saturated carbocycles. The van der Waals surface area contributed by atoms with Crippen molar-refractivity contribution in [2.75, 3.05) is 11.9 Å². The van der Waals surface area contributed by atoms with Crippen molar-refractivity contribution in [1.29, 1.82) is 0 Å². The van der Waals surface area contributed by atoms with Gasteiger partial charge in [0, 0.05) is 10.7 Å². The summed E-state index contributed by atoms with van der Waals surface area (Å²) in [5.74, 6) is 0.394. The molecule has 0 unspecified atom stereocenters. The van der Waals surface area contributed by atoms with Crippen LogP contribution in [-0.4, -0.2) is 12.5 Å². The zero-order valence-electron chi connectivity index (χ0n) is 12.5. The molecule has 0 spiro atoms. The monoisotopic (exact) mass is 381 g/mol. The summed E-state index contributed by atoms with van der Waals surface area (Å²) in [7, 11) is 0. The minimum Gasteiger partial charge on any atom is -0.483 e. The zero-order valence-corrected chi connectivity index (χ0v) is 14.8. The molecule has 5 heteroatoms. The molecule has 0 aliphatic carbocycles. The second-order valence-corrected chi connectivity index (χ2v) is 6.16. The molecule has 0 aromatic heterocycles. The van der Waals surface area contributed by atoms with Crippen LogP contribution in [0.15, 0.2) is 40.9 Å². The van der Waals surface area contributed by atoms with Crippen LogP contribution in [0.5, 0.6) is 5.75 Å². The molecule has 0 aliphatic heterocycles. The highest BCUT2D eigenvalue weighted by atomic mass is 79.9. The third-order valence-electron chi connectivity index (χ3n) is 3.26.